The number of methoxy groups -OCH3 is 1. The van der Waals surface area contributed by atoms with Gasteiger partial charge in [-0.3, -0.25) is 0 Å². The number of hydrogen-bond donors (Lipinski definition) is 0. The molecule has 0 spiro atoms. The van der Waals surface area contributed by atoms with Crippen molar-refractivity contribution in [2.45, 2.75) is 18.7 Å². The maximum absolute atomic E-state index is 12.7. The van der Waals surface area contributed by atoms with Crippen molar-refractivity contribution in [1.82, 2.24) is 4.31 Å². The zero-order valence-electron chi connectivity index (χ0n) is 15.4. The second-order valence-corrected chi connectivity index (χ2v) is 8.06. The molecule has 2 aromatic rings. The number of aryl methyl sites for hydroxylation is 2. The quantitative estimate of drug-likeness (QED) is 0.694. The van der Waals surface area contributed by atoms with E-state index >= 15 is 0 Å². The van der Waals surface area contributed by atoms with Crippen molar-refractivity contribution in [3.63, 3.8) is 0 Å². The van der Waals surface area contributed by atoms with E-state index < -0.39 is 16.0 Å². The zero-order chi connectivity index (χ0) is 19.3. The van der Waals surface area contributed by atoms with Gasteiger partial charge in [0.25, 0.3) is 0 Å². The molecule has 0 amide bonds. The number of rotatable bonds is 7. The Morgan fingerprint density at radius 1 is 1.08 bits per heavy atom. The second kappa shape index (κ2) is 8.33. The summed E-state index contributed by atoms with van der Waals surface area (Å²) < 4.78 is 36.8. The van der Waals surface area contributed by atoms with Crippen molar-refractivity contribution in [3.8, 4) is 5.75 Å². The molecule has 0 atom stereocenters. The van der Waals surface area contributed by atoms with Crippen LogP contribution in [0.25, 0.3) is 0 Å². The number of carbonyl (C=O) groups excluding carboxylic acids is 1. The van der Waals surface area contributed by atoms with Gasteiger partial charge in [-0.2, -0.15) is 4.31 Å². The maximum atomic E-state index is 12.7. The number of nitrogens with zero attached hydrogens (tertiary/aromatic N) is 1. The number of esters is 1. The maximum Gasteiger partial charge on any atom is 0.337 e. The zero-order valence-corrected chi connectivity index (χ0v) is 16.2. The molecule has 6 nitrogen and oxygen atoms in total. The molecular weight excluding hydrogens is 354 g/mol. The summed E-state index contributed by atoms with van der Waals surface area (Å²) in [6, 6.07) is 11.6. The third-order valence-corrected chi connectivity index (χ3v) is 5.69. The molecule has 0 saturated heterocycles. The number of sulfonamides is 1. The van der Waals surface area contributed by atoms with Crippen LogP contribution in [0.2, 0.25) is 0 Å². The summed E-state index contributed by atoms with van der Waals surface area (Å²) in [5.74, 6) is 0.129. The fourth-order valence-electron chi connectivity index (χ4n) is 2.51. The minimum absolute atomic E-state index is 0.0364. The minimum atomic E-state index is -3.73. The molecule has 26 heavy (non-hydrogen) atoms. The Labute approximate surface area is 154 Å². The van der Waals surface area contributed by atoms with Crippen LogP contribution in [0.5, 0.6) is 5.75 Å². The standard InChI is InChI=1S/C19H23NO5S/c1-14-10-15(2)12-17(11-14)25-9-8-20(3)26(22,23)18-7-5-6-16(13-18)19(21)24-4/h5-7,10-13H,8-9H2,1-4H3. The molecule has 0 N–H and O–H groups in total. The third-order valence-electron chi connectivity index (χ3n) is 3.83. The molecule has 140 valence electrons. The van der Waals surface area contributed by atoms with Gasteiger partial charge in [0.05, 0.1) is 17.6 Å². The summed E-state index contributed by atoms with van der Waals surface area (Å²) in [4.78, 5) is 11.6. The molecule has 0 heterocycles. The second-order valence-electron chi connectivity index (χ2n) is 6.02. The van der Waals surface area contributed by atoms with E-state index in [-0.39, 0.29) is 23.6 Å². The Balaban J connectivity index is 2.06. The van der Waals surface area contributed by atoms with Crippen LogP contribution < -0.4 is 4.74 Å². The molecule has 0 bridgehead atoms. The van der Waals surface area contributed by atoms with E-state index in [2.05, 4.69) is 4.74 Å². The van der Waals surface area contributed by atoms with Crippen molar-refractivity contribution < 1.29 is 22.7 Å². The highest BCUT2D eigenvalue weighted by atomic mass is 32.2. The number of hydrogen-bond acceptors (Lipinski definition) is 5. The highest BCUT2D eigenvalue weighted by Crippen LogP contribution is 2.18. The fourth-order valence-corrected chi connectivity index (χ4v) is 3.71. The molecular formula is C19H23NO5S. The lowest BCUT2D eigenvalue weighted by Gasteiger charge is -2.18. The van der Waals surface area contributed by atoms with Crippen LogP contribution in [0, 0.1) is 13.8 Å². The largest absolute Gasteiger partial charge is 0.492 e. The van der Waals surface area contributed by atoms with Crippen LogP contribution in [0.4, 0.5) is 0 Å². The fraction of sp³-hybridized carbons (Fsp3) is 0.316. The topological polar surface area (TPSA) is 72.9 Å². The van der Waals surface area contributed by atoms with Gasteiger partial charge in [-0.1, -0.05) is 12.1 Å². The number of carbonyl (C=O) groups is 1. The Bertz CT molecular complexity index is 872. The lowest BCUT2D eigenvalue weighted by Crippen LogP contribution is -2.31. The summed E-state index contributed by atoms with van der Waals surface area (Å²) in [6.07, 6.45) is 0. The highest BCUT2D eigenvalue weighted by Gasteiger charge is 2.22. The lowest BCUT2D eigenvalue weighted by atomic mass is 10.1. The van der Waals surface area contributed by atoms with Crippen molar-refractivity contribution in [3.05, 3.63) is 59.2 Å². The van der Waals surface area contributed by atoms with Gasteiger partial charge >= 0.3 is 5.97 Å². The normalized spacial score (nSPS) is 11.4. The molecule has 0 aliphatic carbocycles. The molecule has 0 saturated carbocycles. The number of ether oxygens (including phenoxy) is 2. The molecule has 0 aliphatic heterocycles. The van der Waals surface area contributed by atoms with E-state index in [1.165, 1.54) is 42.7 Å². The van der Waals surface area contributed by atoms with Gasteiger partial charge in [-0.25, -0.2) is 13.2 Å². The van der Waals surface area contributed by atoms with Gasteiger partial charge < -0.3 is 9.47 Å². The van der Waals surface area contributed by atoms with Crippen molar-refractivity contribution >= 4 is 16.0 Å². The molecule has 0 aromatic heterocycles. The van der Waals surface area contributed by atoms with E-state index in [1.807, 2.05) is 32.0 Å². The van der Waals surface area contributed by atoms with Gasteiger partial charge in [0.1, 0.15) is 12.4 Å². The molecule has 0 aliphatic rings. The number of likely N-dealkylation sites (N-methyl/N-ethyl adjacent to an activating group) is 1. The predicted molar refractivity (Wildman–Crippen MR) is 99.0 cm³/mol. The molecule has 0 radical (unpaired) electrons. The first kappa shape index (κ1) is 19.9. The summed E-state index contributed by atoms with van der Waals surface area (Å²) in [5, 5.41) is 0. The molecule has 0 unspecified atom stereocenters. The van der Waals surface area contributed by atoms with Gasteiger partial charge in [-0.15, -0.1) is 0 Å². The Morgan fingerprint density at radius 2 is 1.73 bits per heavy atom. The van der Waals surface area contributed by atoms with Gasteiger partial charge in [0, 0.05) is 13.6 Å². The van der Waals surface area contributed by atoms with E-state index in [0.717, 1.165) is 11.1 Å². The smallest absolute Gasteiger partial charge is 0.337 e. The first-order valence-electron chi connectivity index (χ1n) is 8.10. The summed E-state index contributed by atoms with van der Waals surface area (Å²) in [7, 11) is -1.00. The van der Waals surface area contributed by atoms with Crippen LogP contribution in [-0.2, 0) is 14.8 Å². The lowest BCUT2D eigenvalue weighted by molar-refractivity contribution is 0.0600. The SMILES string of the molecule is COC(=O)c1cccc(S(=O)(=O)N(C)CCOc2cc(C)cc(C)c2)c1. The van der Waals surface area contributed by atoms with Crippen molar-refractivity contribution in [1.29, 1.82) is 0 Å². The molecule has 0 fully saturated rings. The van der Waals surface area contributed by atoms with E-state index in [4.69, 9.17) is 4.74 Å². The number of benzene rings is 2. The first-order valence-corrected chi connectivity index (χ1v) is 9.54. The van der Waals surface area contributed by atoms with Crippen molar-refractivity contribution in [2.75, 3.05) is 27.3 Å². The van der Waals surface area contributed by atoms with Gasteiger partial charge in [0.15, 0.2) is 0 Å². The summed E-state index contributed by atoms with van der Waals surface area (Å²) in [6.45, 7) is 4.35. The summed E-state index contributed by atoms with van der Waals surface area (Å²) >= 11 is 0. The average molecular weight is 377 g/mol. The summed E-state index contributed by atoms with van der Waals surface area (Å²) in [5.41, 5.74) is 2.36. The first-order chi connectivity index (χ1) is 12.2. The van der Waals surface area contributed by atoms with Gasteiger partial charge in [-0.05, 0) is 55.3 Å². The van der Waals surface area contributed by atoms with Crippen molar-refractivity contribution in [2.24, 2.45) is 0 Å². The molecule has 2 rings (SSSR count). The van der Waals surface area contributed by atoms with Gasteiger partial charge in [0.2, 0.25) is 10.0 Å². The Kier molecular flexibility index (Phi) is 6.39. The third kappa shape index (κ3) is 4.83. The van der Waals surface area contributed by atoms with E-state index in [1.54, 1.807) is 0 Å². The predicted octanol–water partition coefficient (Wildman–Crippen LogP) is 2.79. The highest BCUT2D eigenvalue weighted by molar-refractivity contribution is 7.89. The van der Waals surface area contributed by atoms with Crippen LogP contribution in [-0.4, -0.2) is 46.0 Å². The van der Waals surface area contributed by atoms with Crippen LogP contribution in [0.3, 0.4) is 0 Å². The monoisotopic (exact) mass is 377 g/mol. The van der Waals surface area contributed by atoms with E-state index in [9.17, 15) is 13.2 Å². The minimum Gasteiger partial charge on any atom is -0.492 e. The molecule has 7 heteroatoms. The van der Waals surface area contributed by atoms with Crippen LogP contribution >= 0.6 is 0 Å². The average Bonchev–Trinajstić information content (AvgIpc) is 2.60. The van der Waals surface area contributed by atoms with Crippen LogP contribution in [0.15, 0.2) is 47.4 Å². The van der Waals surface area contributed by atoms with E-state index in [0.29, 0.717) is 5.75 Å². The van der Waals surface area contributed by atoms with Crippen LogP contribution in [0.1, 0.15) is 21.5 Å². The Hall–Kier alpha value is -2.38. The Morgan fingerprint density at radius 3 is 2.35 bits per heavy atom. The molecule has 2 aromatic carbocycles.